The topological polar surface area (TPSA) is 91.9 Å². The highest BCUT2D eigenvalue weighted by Gasteiger charge is 2.26. The Morgan fingerprint density at radius 3 is 2.77 bits per heavy atom. The second-order valence-electron chi connectivity index (χ2n) is 5.70. The highest BCUT2D eigenvalue weighted by molar-refractivity contribution is 14.0. The van der Waals surface area contributed by atoms with Crippen molar-refractivity contribution in [1.29, 1.82) is 0 Å². The molecule has 2 aromatic rings. The lowest BCUT2D eigenvalue weighted by Crippen LogP contribution is -2.44. The van der Waals surface area contributed by atoms with Crippen LogP contribution in [0.25, 0.3) is 0 Å². The number of furan rings is 1. The van der Waals surface area contributed by atoms with Gasteiger partial charge in [0.2, 0.25) is 5.88 Å². The third-order valence-corrected chi connectivity index (χ3v) is 3.53. The lowest BCUT2D eigenvalue weighted by Gasteiger charge is -2.22. The molecule has 7 nitrogen and oxygen atoms in total. The Morgan fingerprint density at radius 1 is 1.31 bits per heavy atom. The number of ether oxygens (including phenoxy) is 1. The summed E-state index contributed by atoms with van der Waals surface area (Å²) in [5, 5.41) is 16.8. The SMILES string of the molecule is CCNC(=NCc1cccnc1OCC)NCC(C)(O)c1ccco1.I. The number of rotatable bonds is 8. The van der Waals surface area contributed by atoms with Crippen LogP contribution in [-0.2, 0) is 12.1 Å². The van der Waals surface area contributed by atoms with Gasteiger partial charge in [0.15, 0.2) is 5.96 Å². The summed E-state index contributed by atoms with van der Waals surface area (Å²) in [6, 6.07) is 7.29. The van der Waals surface area contributed by atoms with Gasteiger partial charge < -0.3 is 24.9 Å². The van der Waals surface area contributed by atoms with Gasteiger partial charge in [-0.05, 0) is 39.0 Å². The molecule has 26 heavy (non-hydrogen) atoms. The lowest BCUT2D eigenvalue weighted by molar-refractivity contribution is 0.0386. The molecule has 0 aliphatic carbocycles. The Labute approximate surface area is 171 Å². The van der Waals surface area contributed by atoms with Crippen LogP contribution in [0, 0.1) is 0 Å². The molecule has 0 aromatic carbocycles. The van der Waals surface area contributed by atoms with Crippen LogP contribution in [0.15, 0.2) is 46.1 Å². The molecule has 0 saturated heterocycles. The van der Waals surface area contributed by atoms with Gasteiger partial charge in [0.25, 0.3) is 0 Å². The summed E-state index contributed by atoms with van der Waals surface area (Å²) < 4.78 is 10.8. The van der Waals surface area contributed by atoms with E-state index in [-0.39, 0.29) is 30.5 Å². The maximum absolute atomic E-state index is 10.5. The Balaban J connectivity index is 0.00000338. The smallest absolute Gasteiger partial charge is 0.218 e. The molecule has 0 fully saturated rings. The summed E-state index contributed by atoms with van der Waals surface area (Å²) in [6.45, 7) is 7.54. The molecule has 2 heterocycles. The van der Waals surface area contributed by atoms with Crippen molar-refractivity contribution in [3.8, 4) is 5.88 Å². The van der Waals surface area contributed by atoms with E-state index < -0.39 is 5.60 Å². The predicted octanol–water partition coefficient (Wildman–Crippen LogP) is 2.65. The third kappa shape index (κ3) is 6.49. The monoisotopic (exact) mass is 474 g/mol. The van der Waals surface area contributed by atoms with E-state index in [0.717, 1.165) is 5.56 Å². The third-order valence-electron chi connectivity index (χ3n) is 3.53. The molecular formula is C18H27IN4O3. The Bertz CT molecular complexity index is 675. The molecule has 1 atom stereocenters. The quantitative estimate of drug-likeness (QED) is 0.310. The van der Waals surface area contributed by atoms with E-state index in [1.807, 2.05) is 26.0 Å². The summed E-state index contributed by atoms with van der Waals surface area (Å²) in [5.41, 5.74) is -0.232. The number of nitrogens with zero attached hydrogens (tertiary/aromatic N) is 2. The standard InChI is InChI=1S/C18H26N4O3.HI/c1-4-19-17(22-13-18(3,23)15-9-7-11-25-15)21-12-14-8-6-10-20-16(14)24-5-2;/h6-11,23H,4-5,12-13H2,1-3H3,(H2,19,21,22);1H. The van der Waals surface area contributed by atoms with Gasteiger partial charge in [-0.3, -0.25) is 0 Å². The minimum absolute atomic E-state index is 0. The van der Waals surface area contributed by atoms with Crippen LogP contribution < -0.4 is 15.4 Å². The average molecular weight is 474 g/mol. The minimum atomic E-state index is -1.13. The normalized spacial score (nSPS) is 13.5. The van der Waals surface area contributed by atoms with Crippen molar-refractivity contribution in [2.24, 2.45) is 4.99 Å². The molecule has 0 aliphatic heterocycles. The number of hydrogen-bond donors (Lipinski definition) is 3. The molecule has 1 unspecified atom stereocenters. The fourth-order valence-corrected chi connectivity index (χ4v) is 2.25. The summed E-state index contributed by atoms with van der Waals surface area (Å²) in [6.07, 6.45) is 3.24. The molecule has 0 saturated carbocycles. The van der Waals surface area contributed by atoms with Gasteiger partial charge in [0.1, 0.15) is 11.4 Å². The van der Waals surface area contributed by atoms with Crippen molar-refractivity contribution in [2.45, 2.75) is 32.9 Å². The van der Waals surface area contributed by atoms with Crippen molar-refractivity contribution in [3.05, 3.63) is 48.0 Å². The highest BCUT2D eigenvalue weighted by Crippen LogP contribution is 2.20. The van der Waals surface area contributed by atoms with Crippen LogP contribution in [-0.4, -0.2) is 35.7 Å². The number of guanidine groups is 1. The van der Waals surface area contributed by atoms with Gasteiger partial charge >= 0.3 is 0 Å². The summed E-state index contributed by atoms with van der Waals surface area (Å²) in [5.74, 6) is 1.69. The van der Waals surface area contributed by atoms with E-state index in [1.165, 1.54) is 0 Å². The van der Waals surface area contributed by atoms with Crippen molar-refractivity contribution in [2.75, 3.05) is 19.7 Å². The fourth-order valence-electron chi connectivity index (χ4n) is 2.25. The first-order valence-corrected chi connectivity index (χ1v) is 8.42. The predicted molar refractivity (Wildman–Crippen MR) is 112 cm³/mol. The summed E-state index contributed by atoms with van der Waals surface area (Å²) >= 11 is 0. The number of halogens is 1. The zero-order chi connectivity index (χ0) is 18.1. The van der Waals surface area contributed by atoms with Gasteiger partial charge in [-0.2, -0.15) is 0 Å². The largest absolute Gasteiger partial charge is 0.478 e. The summed E-state index contributed by atoms with van der Waals surface area (Å²) in [4.78, 5) is 8.77. The molecule has 8 heteroatoms. The lowest BCUT2D eigenvalue weighted by atomic mass is 10.0. The van der Waals surface area contributed by atoms with E-state index in [4.69, 9.17) is 9.15 Å². The Kier molecular flexibility index (Phi) is 9.42. The van der Waals surface area contributed by atoms with E-state index >= 15 is 0 Å². The molecule has 0 spiro atoms. The van der Waals surface area contributed by atoms with E-state index in [0.29, 0.717) is 37.3 Å². The van der Waals surface area contributed by atoms with Crippen molar-refractivity contribution in [1.82, 2.24) is 15.6 Å². The maximum atomic E-state index is 10.5. The van der Waals surface area contributed by atoms with Gasteiger partial charge in [0.05, 0.1) is 26.0 Å². The Morgan fingerprint density at radius 2 is 2.12 bits per heavy atom. The maximum Gasteiger partial charge on any atom is 0.218 e. The number of aliphatic hydroxyl groups is 1. The second-order valence-corrected chi connectivity index (χ2v) is 5.70. The molecule has 0 bridgehead atoms. The van der Waals surface area contributed by atoms with Gasteiger partial charge in [0, 0.05) is 18.3 Å². The highest BCUT2D eigenvalue weighted by atomic mass is 127. The number of aliphatic imine (C=N–C) groups is 1. The van der Waals surface area contributed by atoms with Gasteiger partial charge in [-0.25, -0.2) is 9.98 Å². The molecule has 0 amide bonds. The van der Waals surface area contributed by atoms with Crippen molar-refractivity contribution >= 4 is 29.9 Å². The molecule has 2 aromatic heterocycles. The van der Waals surface area contributed by atoms with E-state index in [1.54, 1.807) is 31.5 Å². The molecule has 2 rings (SSSR count). The number of pyridine rings is 1. The van der Waals surface area contributed by atoms with Crippen LogP contribution in [0.2, 0.25) is 0 Å². The first kappa shape index (κ1) is 22.2. The van der Waals surface area contributed by atoms with Crippen LogP contribution in [0.3, 0.4) is 0 Å². The van der Waals surface area contributed by atoms with Crippen LogP contribution in [0.5, 0.6) is 5.88 Å². The second kappa shape index (κ2) is 11.0. The van der Waals surface area contributed by atoms with Gasteiger partial charge in [-0.1, -0.05) is 6.07 Å². The molecule has 144 valence electrons. The fraction of sp³-hybridized carbons (Fsp3) is 0.444. The van der Waals surface area contributed by atoms with Crippen LogP contribution >= 0.6 is 24.0 Å². The molecule has 0 radical (unpaired) electrons. The number of nitrogens with one attached hydrogen (secondary N) is 2. The molecule has 0 aliphatic rings. The number of hydrogen-bond acceptors (Lipinski definition) is 5. The van der Waals surface area contributed by atoms with E-state index in [2.05, 4.69) is 20.6 Å². The van der Waals surface area contributed by atoms with Crippen molar-refractivity contribution < 1.29 is 14.3 Å². The first-order chi connectivity index (χ1) is 12.1. The molecule has 3 N–H and O–H groups in total. The molecular weight excluding hydrogens is 447 g/mol. The van der Waals surface area contributed by atoms with Gasteiger partial charge in [-0.15, -0.1) is 24.0 Å². The zero-order valence-electron chi connectivity index (χ0n) is 15.4. The summed E-state index contributed by atoms with van der Waals surface area (Å²) in [7, 11) is 0. The average Bonchev–Trinajstić information content (AvgIpc) is 3.14. The Hall–Kier alpha value is -1.81. The van der Waals surface area contributed by atoms with Crippen LogP contribution in [0.1, 0.15) is 32.1 Å². The minimum Gasteiger partial charge on any atom is -0.478 e. The zero-order valence-corrected chi connectivity index (χ0v) is 17.7. The number of aromatic nitrogens is 1. The van der Waals surface area contributed by atoms with Crippen LogP contribution in [0.4, 0.5) is 0 Å². The van der Waals surface area contributed by atoms with Crippen molar-refractivity contribution in [3.63, 3.8) is 0 Å². The van der Waals surface area contributed by atoms with E-state index in [9.17, 15) is 5.11 Å². The first-order valence-electron chi connectivity index (χ1n) is 8.42.